The lowest BCUT2D eigenvalue weighted by molar-refractivity contribution is 0.0982. The largest absolute Gasteiger partial charge is 0.289 e. The molecule has 4 aromatic rings. The van der Waals surface area contributed by atoms with Crippen molar-refractivity contribution in [3.8, 4) is 10.4 Å². The predicted molar refractivity (Wildman–Crippen MR) is 101 cm³/mol. The molecule has 3 aromatic carbocycles. The van der Waals surface area contributed by atoms with Crippen molar-refractivity contribution >= 4 is 33.7 Å². The van der Waals surface area contributed by atoms with Crippen LogP contribution >= 0.6 is 11.3 Å². The molecule has 0 amide bonds. The summed E-state index contributed by atoms with van der Waals surface area (Å²) in [5, 5.41) is 2.32. The molecule has 25 heavy (non-hydrogen) atoms. The average molecular weight is 340 g/mol. The molecule has 2 nitrogen and oxygen atoms in total. The lowest BCUT2D eigenvalue weighted by Gasteiger charge is -2.12. The Labute approximate surface area is 148 Å². The molecule has 0 N–H and O–H groups in total. The van der Waals surface area contributed by atoms with E-state index in [0.29, 0.717) is 21.6 Å². The first-order chi connectivity index (χ1) is 12.2. The Morgan fingerprint density at radius 3 is 2.08 bits per heavy atom. The van der Waals surface area contributed by atoms with Crippen molar-refractivity contribution in [2.24, 2.45) is 0 Å². The Hall–Kier alpha value is -3.04. The zero-order valence-corrected chi connectivity index (χ0v) is 14.0. The van der Waals surface area contributed by atoms with Crippen molar-refractivity contribution in [3.63, 3.8) is 0 Å². The van der Waals surface area contributed by atoms with Crippen LogP contribution in [0, 0.1) is 0 Å². The van der Waals surface area contributed by atoms with Gasteiger partial charge in [0.25, 0.3) is 0 Å². The summed E-state index contributed by atoms with van der Waals surface area (Å²) in [5.74, 6) is -0.115. The van der Waals surface area contributed by atoms with E-state index in [1.165, 1.54) is 16.7 Å². The maximum Gasteiger partial charge on any atom is 0.204 e. The van der Waals surface area contributed by atoms with Crippen LogP contribution in [0.1, 0.15) is 31.2 Å². The second kappa shape index (κ2) is 5.23. The summed E-state index contributed by atoms with van der Waals surface area (Å²) >= 11 is 1.40. The van der Waals surface area contributed by atoms with Crippen LogP contribution in [0.3, 0.4) is 0 Å². The van der Waals surface area contributed by atoms with Gasteiger partial charge in [-0.05, 0) is 28.5 Å². The van der Waals surface area contributed by atoms with Crippen molar-refractivity contribution in [2.45, 2.75) is 0 Å². The first-order valence-corrected chi connectivity index (χ1v) is 8.85. The Morgan fingerprint density at radius 1 is 0.600 bits per heavy atom. The minimum absolute atomic E-state index is 0.0535. The van der Waals surface area contributed by atoms with Crippen LogP contribution in [-0.2, 0) is 0 Å². The molecule has 1 aromatic heterocycles. The van der Waals surface area contributed by atoms with Gasteiger partial charge in [-0.25, -0.2) is 0 Å². The highest BCUT2D eigenvalue weighted by Crippen LogP contribution is 2.38. The molecule has 0 radical (unpaired) electrons. The molecule has 3 heteroatoms. The highest BCUT2D eigenvalue weighted by molar-refractivity contribution is 7.18. The zero-order chi connectivity index (χ0) is 17.0. The van der Waals surface area contributed by atoms with E-state index in [-0.39, 0.29) is 11.6 Å². The van der Waals surface area contributed by atoms with E-state index >= 15 is 0 Å². The minimum atomic E-state index is -0.0616. The standard InChI is InChI=1S/C22H12O2S/c23-20-16-7-3-4-8-17(16)21(24)22-18(20)12-19(25-22)15-10-9-13-5-1-2-6-14(13)11-15/h1-12H. The molecule has 0 unspecified atom stereocenters. The highest BCUT2D eigenvalue weighted by Gasteiger charge is 2.31. The van der Waals surface area contributed by atoms with Crippen molar-refractivity contribution in [2.75, 3.05) is 0 Å². The molecule has 1 heterocycles. The van der Waals surface area contributed by atoms with Crippen molar-refractivity contribution in [1.29, 1.82) is 0 Å². The van der Waals surface area contributed by atoms with Crippen LogP contribution in [-0.4, -0.2) is 11.6 Å². The molecule has 0 spiro atoms. The summed E-state index contributed by atoms with van der Waals surface area (Å²) in [6.45, 7) is 0. The smallest absolute Gasteiger partial charge is 0.204 e. The summed E-state index contributed by atoms with van der Waals surface area (Å²) in [5.41, 5.74) is 2.56. The fourth-order valence-electron chi connectivity index (χ4n) is 3.36. The number of ketones is 2. The Kier molecular flexibility index (Phi) is 2.99. The maximum absolute atomic E-state index is 12.8. The number of thiophene rings is 1. The van der Waals surface area contributed by atoms with Gasteiger partial charge >= 0.3 is 0 Å². The Bertz CT molecular complexity index is 1130. The van der Waals surface area contributed by atoms with Gasteiger partial charge in [0.1, 0.15) is 0 Å². The second-order valence-corrected chi connectivity index (χ2v) is 7.17. The maximum atomic E-state index is 12.8. The van der Waals surface area contributed by atoms with Gasteiger partial charge in [-0.15, -0.1) is 11.3 Å². The SMILES string of the molecule is O=C1c2ccccc2C(=O)c2sc(-c3ccc4ccccc4c3)cc21. The summed E-state index contributed by atoms with van der Waals surface area (Å²) in [6.07, 6.45) is 0. The molecule has 0 aliphatic heterocycles. The molecule has 1 aliphatic carbocycles. The van der Waals surface area contributed by atoms with Gasteiger partial charge in [-0.3, -0.25) is 9.59 Å². The quantitative estimate of drug-likeness (QED) is 0.412. The number of benzene rings is 3. The molecule has 0 saturated heterocycles. The van der Waals surface area contributed by atoms with Crippen LogP contribution in [0.15, 0.2) is 72.8 Å². The fourth-order valence-corrected chi connectivity index (χ4v) is 4.47. The van der Waals surface area contributed by atoms with Crippen molar-refractivity contribution < 1.29 is 9.59 Å². The van der Waals surface area contributed by atoms with Gasteiger partial charge in [-0.2, -0.15) is 0 Å². The number of carbonyl (C=O) groups is 2. The third-order valence-electron chi connectivity index (χ3n) is 4.63. The summed E-state index contributed by atoms with van der Waals surface area (Å²) < 4.78 is 0. The third-order valence-corrected chi connectivity index (χ3v) is 5.82. The lowest BCUT2D eigenvalue weighted by atomic mass is 9.89. The number of carbonyl (C=O) groups excluding carboxylic acids is 2. The van der Waals surface area contributed by atoms with Crippen molar-refractivity contribution in [3.05, 3.63) is 94.4 Å². The lowest BCUT2D eigenvalue weighted by Crippen LogP contribution is -2.18. The number of rotatable bonds is 1. The Balaban J connectivity index is 1.68. The minimum Gasteiger partial charge on any atom is -0.289 e. The van der Waals surface area contributed by atoms with Gasteiger partial charge in [0, 0.05) is 21.6 Å². The van der Waals surface area contributed by atoms with E-state index in [0.717, 1.165) is 15.8 Å². The van der Waals surface area contributed by atoms with E-state index < -0.39 is 0 Å². The van der Waals surface area contributed by atoms with Crippen LogP contribution in [0.4, 0.5) is 0 Å². The molecule has 118 valence electrons. The molecular formula is C22H12O2S. The van der Waals surface area contributed by atoms with E-state index in [1.54, 1.807) is 24.3 Å². The van der Waals surface area contributed by atoms with Crippen molar-refractivity contribution in [1.82, 2.24) is 0 Å². The average Bonchev–Trinajstić information content (AvgIpc) is 3.12. The molecular weight excluding hydrogens is 328 g/mol. The molecule has 0 saturated carbocycles. The Morgan fingerprint density at radius 2 is 1.28 bits per heavy atom. The first-order valence-electron chi connectivity index (χ1n) is 8.04. The normalized spacial score (nSPS) is 13.0. The van der Waals surface area contributed by atoms with Crippen LogP contribution in [0.2, 0.25) is 0 Å². The van der Waals surface area contributed by atoms with E-state index in [2.05, 4.69) is 24.3 Å². The first kappa shape index (κ1) is 14.3. The van der Waals surface area contributed by atoms with Gasteiger partial charge in [-0.1, -0.05) is 60.7 Å². The monoisotopic (exact) mass is 340 g/mol. The third kappa shape index (κ3) is 2.10. The highest BCUT2D eigenvalue weighted by atomic mass is 32.1. The molecule has 5 rings (SSSR count). The van der Waals surface area contributed by atoms with Gasteiger partial charge in [0.2, 0.25) is 5.78 Å². The summed E-state index contributed by atoms with van der Waals surface area (Å²) in [7, 11) is 0. The zero-order valence-electron chi connectivity index (χ0n) is 13.2. The molecule has 0 atom stereocenters. The summed E-state index contributed by atoms with van der Waals surface area (Å²) in [6, 6.07) is 23.3. The van der Waals surface area contributed by atoms with E-state index in [9.17, 15) is 9.59 Å². The van der Waals surface area contributed by atoms with Gasteiger partial charge in [0.05, 0.1) is 4.88 Å². The number of fused-ring (bicyclic) bond motifs is 3. The van der Waals surface area contributed by atoms with Gasteiger partial charge < -0.3 is 0 Å². The summed E-state index contributed by atoms with van der Waals surface area (Å²) in [4.78, 5) is 27.0. The molecule has 0 bridgehead atoms. The van der Waals surface area contributed by atoms with Crippen LogP contribution < -0.4 is 0 Å². The second-order valence-electron chi connectivity index (χ2n) is 6.12. The topological polar surface area (TPSA) is 34.1 Å². The number of hydrogen-bond acceptors (Lipinski definition) is 3. The van der Waals surface area contributed by atoms with Crippen LogP contribution in [0.5, 0.6) is 0 Å². The van der Waals surface area contributed by atoms with Gasteiger partial charge in [0.15, 0.2) is 5.78 Å². The number of hydrogen-bond donors (Lipinski definition) is 0. The molecule has 0 fully saturated rings. The van der Waals surface area contributed by atoms with E-state index in [4.69, 9.17) is 0 Å². The molecule has 1 aliphatic rings. The van der Waals surface area contributed by atoms with E-state index in [1.807, 2.05) is 24.3 Å². The fraction of sp³-hybridized carbons (Fsp3) is 0. The predicted octanol–water partition coefficient (Wildman–Crippen LogP) is 5.34. The van der Waals surface area contributed by atoms with Crippen LogP contribution in [0.25, 0.3) is 21.2 Å².